The van der Waals surface area contributed by atoms with Crippen LogP contribution >= 0.6 is 11.6 Å². The van der Waals surface area contributed by atoms with Gasteiger partial charge in [0.1, 0.15) is 17.2 Å². The van der Waals surface area contributed by atoms with Crippen LogP contribution in [0.15, 0.2) is 88.5 Å². The van der Waals surface area contributed by atoms with Crippen molar-refractivity contribution in [3.05, 3.63) is 122 Å². The van der Waals surface area contributed by atoms with E-state index in [1.54, 1.807) is 60.7 Å². The van der Waals surface area contributed by atoms with Crippen molar-refractivity contribution < 1.29 is 14.4 Å². The van der Waals surface area contributed by atoms with Crippen molar-refractivity contribution in [3.8, 4) is 0 Å². The molecule has 3 aromatic carbocycles. The second-order valence-corrected chi connectivity index (χ2v) is 7.58. The van der Waals surface area contributed by atoms with E-state index in [1.807, 2.05) is 0 Å². The highest BCUT2D eigenvalue weighted by Crippen LogP contribution is 2.33. The molecule has 0 radical (unpaired) electrons. The van der Waals surface area contributed by atoms with Crippen LogP contribution in [-0.2, 0) is 6.54 Å². The highest BCUT2D eigenvalue weighted by molar-refractivity contribution is 6.30. The number of halogens is 2. The van der Waals surface area contributed by atoms with Crippen molar-refractivity contribution >= 4 is 34.7 Å². The summed E-state index contributed by atoms with van der Waals surface area (Å²) in [4.78, 5) is 42.2. The van der Waals surface area contributed by atoms with E-state index in [2.05, 4.69) is 10.3 Å². The smallest absolute Gasteiger partial charge is 0.363 e. The van der Waals surface area contributed by atoms with Crippen LogP contribution in [0.25, 0.3) is 0 Å². The van der Waals surface area contributed by atoms with Crippen LogP contribution in [-0.4, -0.2) is 20.8 Å². The number of benzene rings is 3. The van der Waals surface area contributed by atoms with Crippen molar-refractivity contribution in [2.45, 2.75) is 6.54 Å². The van der Waals surface area contributed by atoms with Crippen LogP contribution in [0.3, 0.4) is 0 Å². The first-order valence-corrected chi connectivity index (χ1v) is 10.5. The standard InChI is InChI=1S/C24H18ClFN4O4/c25-18-13-7-8-15(20(18)26)14-27-22(31)19-21(28-24(33)30(34)23(19)32)29(16-9-3-1-4-10-16)17-11-5-2-6-12-17/h1-13,34H,14H2,(H,27,31)(H,28,33). The van der Waals surface area contributed by atoms with Gasteiger partial charge in [-0.2, -0.15) is 0 Å². The molecule has 10 heteroatoms. The Bertz CT molecular complexity index is 1420. The zero-order valence-electron chi connectivity index (χ0n) is 17.5. The highest BCUT2D eigenvalue weighted by atomic mass is 35.5. The molecule has 0 aliphatic heterocycles. The summed E-state index contributed by atoms with van der Waals surface area (Å²) >= 11 is 5.79. The van der Waals surface area contributed by atoms with E-state index >= 15 is 0 Å². The third-order valence-electron chi connectivity index (χ3n) is 5.01. The van der Waals surface area contributed by atoms with Crippen LogP contribution in [0, 0.1) is 5.82 Å². The number of anilines is 3. The maximum Gasteiger partial charge on any atom is 0.363 e. The molecule has 8 nitrogen and oxygen atoms in total. The molecule has 0 saturated heterocycles. The van der Waals surface area contributed by atoms with Gasteiger partial charge in [0, 0.05) is 23.5 Å². The molecule has 1 aromatic heterocycles. The minimum Gasteiger partial charge on any atom is -0.421 e. The maximum absolute atomic E-state index is 14.3. The molecule has 0 aliphatic carbocycles. The van der Waals surface area contributed by atoms with Gasteiger partial charge >= 0.3 is 11.2 Å². The molecule has 34 heavy (non-hydrogen) atoms. The SMILES string of the molecule is O=C(NCc1cccc(Cl)c1F)c1c(N(c2ccccc2)c2ccccc2)[nH]c(=O)n(O)c1=O. The Morgan fingerprint density at radius 1 is 0.971 bits per heavy atom. The third kappa shape index (κ3) is 4.41. The zero-order valence-corrected chi connectivity index (χ0v) is 18.3. The highest BCUT2D eigenvalue weighted by Gasteiger charge is 2.26. The van der Waals surface area contributed by atoms with Crippen molar-refractivity contribution in [2.75, 3.05) is 4.90 Å². The molecule has 1 heterocycles. The number of amides is 1. The predicted octanol–water partition coefficient (Wildman–Crippen LogP) is 3.97. The number of hydrogen-bond donors (Lipinski definition) is 3. The van der Waals surface area contributed by atoms with Gasteiger partial charge in [0.2, 0.25) is 0 Å². The van der Waals surface area contributed by atoms with Gasteiger partial charge < -0.3 is 10.5 Å². The first kappa shape index (κ1) is 22.8. The summed E-state index contributed by atoms with van der Waals surface area (Å²) in [6, 6.07) is 21.8. The van der Waals surface area contributed by atoms with Crippen LogP contribution < -0.4 is 21.5 Å². The molecule has 4 rings (SSSR count). The number of carbonyl (C=O) groups is 1. The molecule has 0 fully saturated rings. The van der Waals surface area contributed by atoms with Crippen LogP contribution in [0.5, 0.6) is 0 Å². The Labute approximate surface area is 197 Å². The average Bonchev–Trinajstić information content (AvgIpc) is 2.85. The maximum atomic E-state index is 14.3. The summed E-state index contributed by atoms with van der Waals surface area (Å²) in [7, 11) is 0. The molecule has 0 bridgehead atoms. The fourth-order valence-corrected chi connectivity index (χ4v) is 3.59. The first-order chi connectivity index (χ1) is 16.4. The number of para-hydroxylation sites is 2. The summed E-state index contributed by atoms with van der Waals surface area (Å²) in [5, 5.41) is 12.3. The molecule has 1 amide bonds. The van der Waals surface area contributed by atoms with Crippen molar-refractivity contribution in [3.63, 3.8) is 0 Å². The van der Waals surface area contributed by atoms with E-state index in [-0.39, 0.29) is 27.7 Å². The van der Waals surface area contributed by atoms with Crippen molar-refractivity contribution in [1.82, 2.24) is 15.0 Å². The number of aromatic nitrogens is 2. The molecule has 0 atom stereocenters. The number of rotatable bonds is 6. The molecular weight excluding hydrogens is 463 g/mol. The molecule has 0 spiro atoms. The summed E-state index contributed by atoms with van der Waals surface area (Å²) < 4.78 is 14.1. The Balaban J connectivity index is 1.84. The lowest BCUT2D eigenvalue weighted by Gasteiger charge is -2.26. The van der Waals surface area contributed by atoms with Crippen LogP contribution in [0.1, 0.15) is 15.9 Å². The number of aromatic amines is 1. The van der Waals surface area contributed by atoms with Crippen LogP contribution in [0.4, 0.5) is 21.6 Å². The topological polar surface area (TPSA) is 107 Å². The van der Waals surface area contributed by atoms with E-state index in [4.69, 9.17) is 11.6 Å². The van der Waals surface area contributed by atoms with Crippen molar-refractivity contribution in [1.29, 1.82) is 0 Å². The zero-order chi connectivity index (χ0) is 24.2. The number of H-pyrrole nitrogens is 1. The number of hydrogen-bond acceptors (Lipinski definition) is 5. The van der Waals surface area contributed by atoms with Gasteiger partial charge in [-0.1, -0.05) is 64.9 Å². The van der Waals surface area contributed by atoms with E-state index in [0.29, 0.717) is 11.4 Å². The van der Waals surface area contributed by atoms with Crippen molar-refractivity contribution in [2.24, 2.45) is 0 Å². The average molecular weight is 481 g/mol. The minimum absolute atomic E-state index is 0.0964. The Morgan fingerprint density at radius 2 is 1.56 bits per heavy atom. The van der Waals surface area contributed by atoms with Gasteiger partial charge in [-0.05, 0) is 30.3 Å². The third-order valence-corrected chi connectivity index (χ3v) is 5.30. The largest absolute Gasteiger partial charge is 0.421 e. The lowest BCUT2D eigenvalue weighted by atomic mass is 10.1. The fraction of sp³-hybridized carbons (Fsp3) is 0.0417. The first-order valence-electron chi connectivity index (χ1n) is 10.1. The quantitative estimate of drug-likeness (QED) is 0.362. The number of nitrogens with one attached hydrogen (secondary N) is 2. The Morgan fingerprint density at radius 3 is 2.15 bits per heavy atom. The summed E-state index contributed by atoms with van der Waals surface area (Å²) in [6.45, 7) is -0.286. The molecule has 0 aliphatic rings. The summed E-state index contributed by atoms with van der Waals surface area (Å²) in [5.74, 6) is -1.81. The molecule has 4 aromatic rings. The second-order valence-electron chi connectivity index (χ2n) is 7.17. The normalized spacial score (nSPS) is 10.6. The Kier molecular flexibility index (Phi) is 6.46. The fourth-order valence-electron chi connectivity index (χ4n) is 3.40. The van der Waals surface area contributed by atoms with Gasteiger partial charge in [0.25, 0.3) is 5.91 Å². The monoisotopic (exact) mass is 480 g/mol. The molecule has 3 N–H and O–H groups in total. The summed E-state index contributed by atoms with van der Waals surface area (Å²) in [5.41, 5.74) is -1.74. The predicted molar refractivity (Wildman–Crippen MR) is 126 cm³/mol. The Hall–Kier alpha value is -4.37. The minimum atomic E-state index is -1.24. The lowest BCUT2D eigenvalue weighted by molar-refractivity contribution is 0.0939. The van der Waals surface area contributed by atoms with E-state index < -0.39 is 28.5 Å². The summed E-state index contributed by atoms with van der Waals surface area (Å²) in [6.07, 6.45) is 0. The van der Waals surface area contributed by atoms with E-state index in [9.17, 15) is 24.0 Å². The van der Waals surface area contributed by atoms with Crippen LogP contribution in [0.2, 0.25) is 5.02 Å². The van der Waals surface area contributed by atoms with Gasteiger partial charge in [0.05, 0.1) is 5.02 Å². The lowest BCUT2D eigenvalue weighted by Crippen LogP contribution is -2.42. The van der Waals surface area contributed by atoms with Gasteiger partial charge in [-0.3, -0.25) is 19.5 Å². The van der Waals surface area contributed by atoms with E-state index in [1.165, 1.54) is 23.1 Å². The molecule has 0 saturated carbocycles. The second kappa shape index (κ2) is 9.63. The van der Waals surface area contributed by atoms with Gasteiger partial charge in [-0.25, -0.2) is 9.18 Å². The molecule has 172 valence electrons. The van der Waals surface area contributed by atoms with Gasteiger partial charge in [-0.15, -0.1) is 0 Å². The molecule has 0 unspecified atom stereocenters. The number of carbonyl (C=O) groups excluding carboxylic acids is 1. The van der Waals surface area contributed by atoms with E-state index in [0.717, 1.165) is 0 Å². The van der Waals surface area contributed by atoms with Gasteiger partial charge in [0.15, 0.2) is 0 Å². The number of nitrogens with zero attached hydrogens (tertiary/aromatic N) is 2. The molecular formula is C24H18ClFN4O4.